The zero-order valence-electron chi connectivity index (χ0n) is 6.78. The van der Waals surface area contributed by atoms with E-state index < -0.39 is 5.97 Å². The van der Waals surface area contributed by atoms with Crippen molar-refractivity contribution in [3.8, 4) is 0 Å². The van der Waals surface area contributed by atoms with Crippen LogP contribution in [0.1, 0.15) is 20.8 Å². The van der Waals surface area contributed by atoms with Crippen LogP contribution < -0.4 is 0 Å². The second-order valence-electron chi connectivity index (χ2n) is 2.22. The van der Waals surface area contributed by atoms with E-state index in [1.54, 1.807) is 0 Å². The second kappa shape index (κ2) is 4.13. The van der Waals surface area contributed by atoms with Crippen LogP contribution in [0.25, 0.3) is 0 Å². The Morgan fingerprint density at radius 3 is 2.85 bits per heavy atom. The van der Waals surface area contributed by atoms with E-state index >= 15 is 0 Å². The van der Waals surface area contributed by atoms with Gasteiger partial charge in [0.05, 0.1) is 7.11 Å². The Morgan fingerprint density at radius 2 is 2.31 bits per heavy atom. The fraction of sp³-hybridized carbons (Fsp3) is 0.125. The number of aromatic nitrogens is 1. The number of carbonyl (C=O) groups is 2. The number of halogens is 1. The third-order valence-electron chi connectivity index (χ3n) is 1.35. The average Bonchev–Trinajstić information content (AvgIpc) is 2.15. The minimum absolute atomic E-state index is 0.110. The van der Waals surface area contributed by atoms with E-state index in [0.717, 1.165) is 0 Å². The fourth-order valence-electron chi connectivity index (χ4n) is 0.794. The number of pyridine rings is 1. The molecule has 5 heteroatoms. The molecule has 0 aliphatic carbocycles. The number of nitrogens with zero attached hydrogens (tertiary/aromatic N) is 1. The van der Waals surface area contributed by atoms with Crippen LogP contribution in [0, 0.1) is 0 Å². The molecular formula is C8H6BrNO3. The van der Waals surface area contributed by atoms with Gasteiger partial charge in [0.15, 0.2) is 0 Å². The molecule has 0 atom stereocenters. The largest absolute Gasteiger partial charge is 0.464 e. The summed E-state index contributed by atoms with van der Waals surface area (Å²) in [5.41, 5.74) is 0.487. The molecule has 13 heavy (non-hydrogen) atoms. The summed E-state index contributed by atoms with van der Waals surface area (Å²) in [6.45, 7) is 0. The van der Waals surface area contributed by atoms with Crippen LogP contribution in [0.15, 0.2) is 16.7 Å². The number of carbonyl (C=O) groups excluding carboxylic acids is 2. The molecular weight excluding hydrogens is 238 g/mol. The van der Waals surface area contributed by atoms with Crippen molar-refractivity contribution in [1.29, 1.82) is 0 Å². The molecule has 0 N–H and O–H groups in total. The van der Waals surface area contributed by atoms with Gasteiger partial charge in [-0.25, -0.2) is 9.78 Å². The average molecular weight is 244 g/mol. The standard InChI is InChI=1S/C8H6BrNO3/c1-13-8(12)6-2-5(4-11)3-7(9)10-6/h2-4H,1H3. The van der Waals surface area contributed by atoms with Gasteiger partial charge < -0.3 is 4.74 Å². The zero-order valence-corrected chi connectivity index (χ0v) is 8.37. The monoisotopic (exact) mass is 243 g/mol. The summed E-state index contributed by atoms with van der Waals surface area (Å²) >= 11 is 3.07. The van der Waals surface area contributed by atoms with Gasteiger partial charge in [0, 0.05) is 5.56 Å². The number of hydrogen-bond donors (Lipinski definition) is 0. The Kier molecular flexibility index (Phi) is 3.13. The van der Waals surface area contributed by atoms with Gasteiger partial charge in [-0.05, 0) is 28.1 Å². The summed E-state index contributed by atoms with van der Waals surface area (Å²) in [6, 6.07) is 2.88. The molecule has 0 saturated carbocycles. The van der Waals surface area contributed by atoms with Gasteiger partial charge >= 0.3 is 5.97 Å². The lowest BCUT2D eigenvalue weighted by molar-refractivity contribution is 0.0594. The molecule has 0 amide bonds. The van der Waals surface area contributed by atoms with Crippen molar-refractivity contribution in [2.45, 2.75) is 0 Å². The van der Waals surface area contributed by atoms with Crippen molar-refractivity contribution >= 4 is 28.2 Å². The molecule has 0 radical (unpaired) electrons. The van der Waals surface area contributed by atoms with Gasteiger partial charge in [0.2, 0.25) is 0 Å². The van der Waals surface area contributed by atoms with E-state index in [0.29, 0.717) is 16.5 Å². The topological polar surface area (TPSA) is 56.3 Å². The summed E-state index contributed by atoms with van der Waals surface area (Å²) in [5.74, 6) is -0.565. The molecule has 0 aromatic carbocycles. The van der Waals surface area contributed by atoms with E-state index in [-0.39, 0.29) is 5.69 Å². The van der Waals surface area contributed by atoms with Crippen LogP contribution in [0.2, 0.25) is 0 Å². The second-order valence-corrected chi connectivity index (χ2v) is 3.03. The molecule has 0 fully saturated rings. The molecule has 0 saturated heterocycles. The number of esters is 1. The highest BCUT2D eigenvalue weighted by Crippen LogP contribution is 2.10. The van der Waals surface area contributed by atoms with E-state index in [1.165, 1.54) is 19.2 Å². The Balaban J connectivity index is 3.15. The number of methoxy groups -OCH3 is 1. The third-order valence-corrected chi connectivity index (χ3v) is 1.75. The summed E-state index contributed by atoms with van der Waals surface area (Å²) in [6.07, 6.45) is 0.638. The SMILES string of the molecule is COC(=O)c1cc(C=O)cc(Br)n1. The molecule has 0 bridgehead atoms. The summed E-state index contributed by atoms with van der Waals surface area (Å²) in [7, 11) is 1.26. The molecule has 68 valence electrons. The van der Waals surface area contributed by atoms with Crippen LogP contribution >= 0.6 is 15.9 Å². The van der Waals surface area contributed by atoms with E-state index in [4.69, 9.17) is 0 Å². The van der Waals surface area contributed by atoms with Crippen molar-refractivity contribution in [1.82, 2.24) is 4.98 Å². The Labute approximate surface area is 83.1 Å². The van der Waals surface area contributed by atoms with E-state index in [9.17, 15) is 9.59 Å². The number of aldehydes is 1. The number of hydrogen-bond acceptors (Lipinski definition) is 4. The van der Waals surface area contributed by atoms with Crippen LogP contribution in [-0.2, 0) is 4.74 Å². The van der Waals surface area contributed by atoms with Gasteiger partial charge in [0.25, 0.3) is 0 Å². The lowest BCUT2D eigenvalue weighted by Crippen LogP contribution is -2.05. The maximum absolute atomic E-state index is 11.0. The normalized spacial score (nSPS) is 9.38. The van der Waals surface area contributed by atoms with Crippen LogP contribution in [0.3, 0.4) is 0 Å². The predicted molar refractivity (Wildman–Crippen MR) is 48.7 cm³/mol. The van der Waals surface area contributed by atoms with Crippen LogP contribution in [-0.4, -0.2) is 24.3 Å². The zero-order chi connectivity index (χ0) is 9.84. The lowest BCUT2D eigenvalue weighted by atomic mass is 10.2. The van der Waals surface area contributed by atoms with Crippen LogP contribution in [0.5, 0.6) is 0 Å². The number of ether oxygens (including phenoxy) is 1. The lowest BCUT2D eigenvalue weighted by Gasteiger charge is -1.99. The van der Waals surface area contributed by atoms with Gasteiger partial charge in [-0.2, -0.15) is 0 Å². The molecule has 0 aliphatic rings. The molecule has 0 spiro atoms. The Morgan fingerprint density at radius 1 is 1.62 bits per heavy atom. The highest BCUT2D eigenvalue weighted by molar-refractivity contribution is 9.10. The quantitative estimate of drug-likeness (QED) is 0.448. The predicted octanol–water partition coefficient (Wildman–Crippen LogP) is 1.44. The molecule has 1 rings (SSSR count). The maximum Gasteiger partial charge on any atom is 0.356 e. The highest BCUT2D eigenvalue weighted by Gasteiger charge is 2.08. The van der Waals surface area contributed by atoms with Crippen molar-refractivity contribution in [3.63, 3.8) is 0 Å². The first-order valence-electron chi connectivity index (χ1n) is 3.38. The van der Waals surface area contributed by atoms with E-state index in [1.807, 2.05) is 0 Å². The first kappa shape index (κ1) is 9.85. The minimum atomic E-state index is -0.565. The fourth-order valence-corrected chi connectivity index (χ4v) is 1.25. The van der Waals surface area contributed by atoms with Crippen molar-refractivity contribution in [2.75, 3.05) is 7.11 Å². The third kappa shape index (κ3) is 2.35. The molecule has 1 heterocycles. The molecule has 4 nitrogen and oxygen atoms in total. The highest BCUT2D eigenvalue weighted by atomic mass is 79.9. The van der Waals surface area contributed by atoms with Crippen LogP contribution in [0.4, 0.5) is 0 Å². The van der Waals surface area contributed by atoms with Gasteiger partial charge in [-0.3, -0.25) is 4.79 Å². The van der Waals surface area contributed by atoms with Gasteiger partial charge in [-0.1, -0.05) is 0 Å². The minimum Gasteiger partial charge on any atom is -0.464 e. The Bertz CT molecular complexity index is 351. The van der Waals surface area contributed by atoms with E-state index in [2.05, 4.69) is 25.7 Å². The first-order chi connectivity index (χ1) is 6.17. The van der Waals surface area contributed by atoms with Crippen molar-refractivity contribution in [2.24, 2.45) is 0 Å². The molecule has 1 aromatic rings. The molecule has 0 unspecified atom stereocenters. The van der Waals surface area contributed by atoms with Gasteiger partial charge in [0.1, 0.15) is 16.6 Å². The summed E-state index contributed by atoms with van der Waals surface area (Å²) in [5, 5.41) is 0. The van der Waals surface area contributed by atoms with Gasteiger partial charge in [-0.15, -0.1) is 0 Å². The van der Waals surface area contributed by atoms with Crippen molar-refractivity contribution < 1.29 is 14.3 Å². The van der Waals surface area contributed by atoms with Crippen molar-refractivity contribution in [3.05, 3.63) is 28.0 Å². The molecule has 0 aliphatic heterocycles. The maximum atomic E-state index is 11.0. The Hall–Kier alpha value is -1.23. The smallest absolute Gasteiger partial charge is 0.356 e. The summed E-state index contributed by atoms with van der Waals surface area (Å²) in [4.78, 5) is 25.3. The number of rotatable bonds is 2. The molecule has 1 aromatic heterocycles. The summed E-state index contributed by atoms with van der Waals surface area (Å²) < 4.78 is 4.88. The first-order valence-corrected chi connectivity index (χ1v) is 4.17.